The Bertz CT molecular complexity index is 316. The first-order chi connectivity index (χ1) is 7.46. The monoisotopic (exact) mass is 226 g/mol. The normalized spacial score (nSPS) is 12.4. The fourth-order valence-electron chi connectivity index (χ4n) is 1.70. The molecule has 0 atom stereocenters. The number of hydrogen-bond donors (Lipinski definition) is 1. The van der Waals surface area contributed by atoms with E-state index < -0.39 is 5.60 Å². The number of hydrogen-bond acceptors (Lipinski definition) is 4. The molecule has 1 rings (SSSR count). The standard InChI is InChI=1S/C11H22N4O/c1-5-14(8-11(3,4)16)7-10-12-9-13-15(10)6-2/h9,16H,5-8H2,1-4H3. The number of aryl methyl sites for hydroxylation is 1. The number of aromatic nitrogens is 3. The third kappa shape index (κ3) is 3.90. The molecule has 1 heterocycles. The van der Waals surface area contributed by atoms with E-state index in [1.807, 2.05) is 25.5 Å². The summed E-state index contributed by atoms with van der Waals surface area (Å²) in [7, 11) is 0. The van der Waals surface area contributed by atoms with Crippen molar-refractivity contribution >= 4 is 0 Å². The van der Waals surface area contributed by atoms with Crippen LogP contribution in [0.5, 0.6) is 0 Å². The van der Waals surface area contributed by atoms with E-state index >= 15 is 0 Å². The maximum atomic E-state index is 9.79. The minimum absolute atomic E-state index is 0.639. The van der Waals surface area contributed by atoms with Gasteiger partial charge in [0.1, 0.15) is 12.2 Å². The molecule has 0 aliphatic carbocycles. The fourth-order valence-corrected chi connectivity index (χ4v) is 1.70. The van der Waals surface area contributed by atoms with Crippen LogP contribution in [-0.4, -0.2) is 43.5 Å². The first-order valence-corrected chi connectivity index (χ1v) is 5.77. The third-order valence-electron chi connectivity index (χ3n) is 2.42. The van der Waals surface area contributed by atoms with E-state index in [1.165, 1.54) is 0 Å². The second-order valence-corrected chi connectivity index (χ2v) is 4.61. The highest BCUT2D eigenvalue weighted by Crippen LogP contribution is 2.08. The first-order valence-electron chi connectivity index (χ1n) is 5.77. The van der Waals surface area contributed by atoms with Gasteiger partial charge in [0.05, 0.1) is 12.1 Å². The van der Waals surface area contributed by atoms with Crippen molar-refractivity contribution in [3.63, 3.8) is 0 Å². The van der Waals surface area contributed by atoms with Gasteiger partial charge in [0.2, 0.25) is 0 Å². The number of aliphatic hydroxyl groups is 1. The lowest BCUT2D eigenvalue weighted by Gasteiger charge is -2.27. The van der Waals surface area contributed by atoms with Crippen LogP contribution >= 0.6 is 0 Å². The smallest absolute Gasteiger partial charge is 0.140 e. The summed E-state index contributed by atoms with van der Waals surface area (Å²) in [6.45, 7) is 10.9. The van der Waals surface area contributed by atoms with Crippen LogP contribution in [0.1, 0.15) is 33.5 Å². The quantitative estimate of drug-likeness (QED) is 0.782. The molecule has 0 aliphatic heterocycles. The van der Waals surface area contributed by atoms with E-state index in [-0.39, 0.29) is 0 Å². The second kappa shape index (κ2) is 5.41. The van der Waals surface area contributed by atoms with Gasteiger partial charge >= 0.3 is 0 Å². The minimum Gasteiger partial charge on any atom is -0.389 e. The molecule has 16 heavy (non-hydrogen) atoms. The van der Waals surface area contributed by atoms with Gasteiger partial charge in [-0.05, 0) is 27.3 Å². The molecule has 1 aromatic heterocycles. The maximum Gasteiger partial charge on any atom is 0.140 e. The highest BCUT2D eigenvalue weighted by molar-refractivity contribution is 4.85. The molecule has 1 aromatic rings. The van der Waals surface area contributed by atoms with Crippen LogP contribution in [0.15, 0.2) is 6.33 Å². The maximum absolute atomic E-state index is 9.79. The van der Waals surface area contributed by atoms with Gasteiger partial charge in [-0.25, -0.2) is 9.67 Å². The van der Waals surface area contributed by atoms with Crippen molar-refractivity contribution in [2.45, 2.75) is 46.4 Å². The molecule has 0 aliphatic rings. The van der Waals surface area contributed by atoms with Gasteiger partial charge in [-0.15, -0.1) is 0 Å². The molecule has 0 fully saturated rings. The summed E-state index contributed by atoms with van der Waals surface area (Å²) >= 11 is 0. The van der Waals surface area contributed by atoms with Gasteiger partial charge in [0.15, 0.2) is 0 Å². The molecule has 1 N–H and O–H groups in total. The largest absolute Gasteiger partial charge is 0.389 e. The van der Waals surface area contributed by atoms with Crippen LogP contribution < -0.4 is 0 Å². The van der Waals surface area contributed by atoms with Gasteiger partial charge in [-0.1, -0.05) is 6.92 Å². The average Bonchev–Trinajstić information content (AvgIpc) is 2.62. The molecule has 5 nitrogen and oxygen atoms in total. The zero-order chi connectivity index (χ0) is 12.2. The lowest BCUT2D eigenvalue weighted by atomic mass is 10.1. The van der Waals surface area contributed by atoms with Crippen LogP contribution in [0, 0.1) is 0 Å². The molecule has 0 saturated heterocycles. The molecule has 0 aromatic carbocycles. The Labute approximate surface area is 97.1 Å². The fraction of sp³-hybridized carbons (Fsp3) is 0.818. The van der Waals surface area contributed by atoms with Crippen molar-refractivity contribution in [3.05, 3.63) is 12.2 Å². The summed E-state index contributed by atoms with van der Waals surface area (Å²) in [5, 5.41) is 13.9. The minimum atomic E-state index is -0.674. The van der Waals surface area contributed by atoms with E-state index in [9.17, 15) is 5.11 Å². The Kier molecular flexibility index (Phi) is 4.44. The van der Waals surface area contributed by atoms with Crippen molar-refractivity contribution in [2.75, 3.05) is 13.1 Å². The summed E-state index contributed by atoms with van der Waals surface area (Å²) in [6.07, 6.45) is 1.58. The lowest BCUT2D eigenvalue weighted by Crippen LogP contribution is -2.38. The van der Waals surface area contributed by atoms with Crippen LogP contribution in [0.3, 0.4) is 0 Å². The summed E-state index contributed by atoms with van der Waals surface area (Å²) in [4.78, 5) is 6.40. The number of nitrogens with zero attached hydrogens (tertiary/aromatic N) is 4. The van der Waals surface area contributed by atoms with Gasteiger partial charge in [-0.2, -0.15) is 5.10 Å². The van der Waals surface area contributed by atoms with E-state index in [0.29, 0.717) is 6.54 Å². The Hall–Kier alpha value is -0.940. The van der Waals surface area contributed by atoms with Gasteiger partial charge in [-0.3, -0.25) is 4.90 Å². The number of rotatable bonds is 6. The summed E-state index contributed by atoms with van der Waals surface area (Å²) in [5.74, 6) is 0.952. The van der Waals surface area contributed by atoms with Crippen molar-refractivity contribution < 1.29 is 5.11 Å². The lowest BCUT2D eigenvalue weighted by molar-refractivity contribution is 0.0341. The van der Waals surface area contributed by atoms with Gasteiger partial charge in [0.25, 0.3) is 0 Å². The van der Waals surface area contributed by atoms with Crippen molar-refractivity contribution in [1.82, 2.24) is 19.7 Å². The second-order valence-electron chi connectivity index (χ2n) is 4.61. The molecular formula is C11H22N4O. The zero-order valence-corrected chi connectivity index (χ0v) is 10.6. The molecule has 0 saturated carbocycles. The van der Waals surface area contributed by atoms with E-state index in [0.717, 1.165) is 25.5 Å². The Morgan fingerprint density at radius 1 is 1.44 bits per heavy atom. The predicted molar refractivity (Wildman–Crippen MR) is 62.9 cm³/mol. The van der Waals surface area contributed by atoms with Gasteiger partial charge in [0, 0.05) is 13.1 Å². The summed E-state index contributed by atoms with van der Waals surface area (Å²) in [5.41, 5.74) is -0.674. The SMILES string of the molecule is CCN(Cc1ncnn1CC)CC(C)(C)O. The molecule has 5 heteroatoms. The van der Waals surface area contributed by atoms with Crippen LogP contribution in [0.4, 0.5) is 0 Å². The summed E-state index contributed by atoms with van der Waals surface area (Å²) in [6, 6.07) is 0. The highest BCUT2D eigenvalue weighted by Gasteiger charge is 2.18. The zero-order valence-electron chi connectivity index (χ0n) is 10.6. The molecule has 0 unspecified atom stereocenters. The topological polar surface area (TPSA) is 54.2 Å². The molecule has 92 valence electrons. The van der Waals surface area contributed by atoms with Gasteiger partial charge < -0.3 is 5.11 Å². The van der Waals surface area contributed by atoms with Crippen LogP contribution in [0.25, 0.3) is 0 Å². The highest BCUT2D eigenvalue weighted by atomic mass is 16.3. The number of likely N-dealkylation sites (N-methyl/N-ethyl adjacent to an activating group) is 1. The molecule has 0 bridgehead atoms. The molecule has 0 radical (unpaired) electrons. The van der Waals surface area contributed by atoms with E-state index in [2.05, 4.69) is 21.9 Å². The third-order valence-corrected chi connectivity index (χ3v) is 2.42. The average molecular weight is 226 g/mol. The predicted octanol–water partition coefficient (Wildman–Crippen LogP) is 0.891. The van der Waals surface area contributed by atoms with E-state index in [1.54, 1.807) is 6.33 Å². The Morgan fingerprint density at radius 3 is 2.62 bits per heavy atom. The Morgan fingerprint density at radius 2 is 2.12 bits per heavy atom. The Balaban J connectivity index is 2.63. The molecular weight excluding hydrogens is 204 g/mol. The molecule has 0 spiro atoms. The van der Waals surface area contributed by atoms with Crippen molar-refractivity contribution in [1.29, 1.82) is 0 Å². The first kappa shape index (κ1) is 13.1. The summed E-state index contributed by atoms with van der Waals surface area (Å²) < 4.78 is 1.88. The van der Waals surface area contributed by atoms with E-state index in [4.69, 9.17) is 0 Å². The van der Waals surface area contributed by atoms with Crippen LogP contribution in [-0.2, 0) is 13.1 Å². The van der Waals surface area contributed by atoms with Crippen molar-refractivity contribution in [2.24, 2.45) is 0 Å². The van der Waals surface area contributed by atoms with Crippen LogP contribution in [0.2, 0.25) is 0 Å². The van der Waals surface area contributed by atoms with Crippen molar-refractivity contribution in [3.8, 4) is 0 Å². The molecule has 0 amide bonds.